The number of aliphatic carboxylic acids is 1. The summed E-state index contributed by atoms with van der Waals surface area (Å²) >= 11 is 0. The molecule has 5 N–H and O–H groups in total. The minimum atomic E-state index is -1.15. The molecule has 0 saturated carbocycles. The molecule has 0 saturated heterocycles. The molecule has 0 radical (unpaired) electrons. The van der Waals surface area contributed by atoms with Crippen molar-refractivity contribution in [2.75, 3.05) is 13.1 Å². The Morgan fingerprint density at radius 3 is 1.57 bits per heavy atom. The first-order valence-corrected chi connectivity index (χ1v) is 19.4. The quantitative estimate of drug-likeness (QED) is 0.0454. The molecule has 0 unspecified atom stereocenters. The summed E-state index contributed by atoms with van der Waals surface area (Å²) in [5, 5.41) is 21.5. The zero-order valence-corrected chi connectivity index (χ0v) is 31.1. The van der Waals surface area contributed by atoms with Gasteiger partial charge in [0.1, 0.15) is 12.1 Å². The second kappa shape index (κ2) is 31.1. The SMILES string of the molecule is CCCCCCCCCCCCCCCC(=O)N[C@@H](CCC(=O)N[C@@H](CCCCCNC(C)C)C(=O)NCCCCC(C)C)C(=O)O. The molecule has 0 rings (SSSR count). The Morgan fingerprint density at radius 2 is 1.02 bits per heavy atom. The van der Waals surface area contributed by atoms with Gasteiger partial charge in [0.05, 0.1) is 0 Å². The van der Waals surface area contributed by atoms with Gasteiger partial charge in [-0.15, -0.1) is 0 Å². The van der Waals surface area contributed by atoms with Crippen molar-refractivity contribution in [2.24, 2.45) is 5.92 Å². The van der Waals surface area contributed by atoms with Crippen LogP contribution >= 0.6 is 0 Å². The lowest BCUT2D eigenvalue weighted by atomic mass is 10.0. The third-order valence-corrected chi connectivity index (χ3v) is 8.68. The van der Waals surface area contributed by atoms with E-state index >= 15 is 0 Å². The number of hydrogen-bond acceptors (Lipinski definition) is 5. The van der Waals surface area contributed by atoms with Crippen LogP contribution in [0, 0.1) is 5.92 Å². The molecule has 3 amide bonds. The molecule has 0 aromatic rings. The lowest BCUT2D eigenvalue weighted by Crippen LogP contribution is -2.47. The fourth-order valence-electron chi connectivity index (χ4n) is 5.69. The van der Waals surface area contributed by atoms with E-state index in [4.69, 9.17) is 0 Å². The molecule has 47 heavy (non-hydrogen) atoms. The van der Waals surface area contributed by atoms with Crippen LogP contribution in [-0.4, -0.2) is 60.0 Å². The zero-order valence-electron chi connectivity index (χ0n) is 31.1. The van der Waals surface area contributed by atoms with E-state index in [2.05, 4.69) is 55.9 Å². The lowest BCUT2D eigenvalue weighted by molar-refractivity contribution is -0.142. The van der Waals surface area contributed by atoms with E-state index in [1.165, 1.54) is 64.2 Å². The van der Waals surface area contributed by atoms with Crippen molar-refractivity contribution in [3.8, 4) is 0 Å². The normalized spacial score (nSPS) is 12.7. The maximum absolute atomic E-state index is 13.0. The molecule has 276 valence electrons. The number of rotatable bonds is 33. The molecule has 0 aliphatic heterocycles. The molecule has 0 fully saturated rings. The van der Waals surface area contributed by atoms with Gasteiger partial charge in [-0.1, -0.05) is 137 Å². The number of hydrogen-bond donors (Lipinski definition) is 5. The molecule has 0 aliphatic carbocycles. The van der Waals surface area contributed by atoms with Gasteiger partial charge in [-0.2, -0.15) is 0 Å². The summed E-state index contributed by atoms with van der Waals surface area (Å²) in [7, 11) is 0. The molecular formula is C38H74N4O5. The van der Waals surface area contributed by atoms with Crippen molar-refractivity contribution >= 4 is 23.7 Å². The van der Waals surface area contributed by atoms with Crippen LogP contribution < -0.4 is 21.3 Å². The van der Waals surface area contributed by atoms with E-state index in [-0.39, 0.29) is 30.6 Å². The highest BCUT2D eigenvalue weighted by Gasteiger charge is 2.24. The number of carbonyl (C=O) groups is 4. The molecule has 0 spiro atoms. The molecule has 0 aromatic heterocycles. The Bertz CT molecular complexity index is 805. The van der Waals surface area contributed by atoms with Crippen molar-refractivity contribution in [1.29, 1.82) is 0 Å². The lowest BCUT2D eigenvalue weighted by Gasteiger charge is -2.20. The minimum Gasteiger partial charge on any atom is -0.480 e. The van der Waals surface area contributed by atoms with Gasteiger partial charge in [0.15, 0.2) is 0 Å². The van der Waals surface area contributed by atoms with E-state index in [9.17, 15) is 24.3 Å². The van der Waals surface area contributed by atoms with Crippen molar-refractivity contribution in [3.63, 3.8) is 0 Å². The van der Waals surface area contributed by atoms with Crippen molar-refractivity contribution in [2.45, 2.75) is 200 Å². The molecule has 0 heterocycles. The van der Waals surface area contributed by atoms with E-state index < -0.39 is 18.1 Å². The van der Waals surface area contributed by atoms with Crippen LogP contribution in [0.4, 0.5) is 0 Å². The number of carboxylic acids is 1. The fraction of sp³-hybridized carbons (Fsp3) is 0.895. The van der Waals surface area contributed by atoms with Crippen molar-refractivity contribution in [1.82, 2.24) is 21.3 Å². The van der Waals surface area contributed by atoms with Crippen molar-refractivity contribution < 1.29 is 24.3 Å². The van der Waals surface area contributed by atoms with Gasteiger partial charge in [-0.3, -0.25) is 14.4 Å². The third kappa shape index (κ3) is 29.7. The summed E-state index contributed by atoms with van der Waals surface area (Å²) in [6.07, 6.45) is 22.4. The van der Waals surface area contributed by atoms with E-state index in [0.29, 0.717) is 31.3 Å². The van der Waals surface area contributed by atoms with E-state index in [1.54, 1.807) is 0 Å². The molecule has 9 nitrogen and oxygen atoms in total. The van der Waals surface area contributed by atoms with E-state index in [1.807, 2.05) is 0 Å². The number of carboxylic acid groups (broad SMARTS) is 1. The predicted octanol–water partition coefficient (Wildman–Crippen LogP) is 7.80. The first kappa shape index (κ1) is 44.8. The molecule has 0 bridgehead atoms. The van der Waals surface area contributed by atoms with Crippen molar-refractivity contribution in [3.05, 3.63) is 0 Å². The van der Waals surface area contributed by atoms with Gasteiger partial charge < -0.3 is 26.4 Å². The molecule has 0 aliphatic rings. The predicted molar refractivity (Wildman–Crippen MR) is 194 cm³/mol. The number of nitrogens with one attached hydrogen (secondary N) is 4. The van der Waals surface area contributed by atoms with Gasteiger partial charge in [0, 0.05) is 25.4 Å². The van der Waals surface area contributed by atoms with Gasteiger partial charge >= 0.3 is 5.97 Å². The Kier molecular flexibility index (Phi) is 29.7. The summed E-state index contributed by atoms with van der Waals surface area (Å²) < 4.78 is 0. The maximum atomic E-state index is 13.0. The number of amides is 3. The monoisotopic (exact) mass is 667 g/mol. The second-order valence-electron chi connectivity index (χ2n) is 14.2. The molecule has 0 aromatic carbocycles. The Hall–Kier alpha value is -2.16. The first-order chi connectivity index (χ1) is 22.6. The summed E-state index contributed by atoms with van der Waals surface area (Å²) in [6.45, 7) is 12.3. The Labute approximate surface area is 288 Å². The maximum Gasteiger partial charge on any atom is 0.326 e. The van der Waals surface area contributed by atoms with Crippen LogP contribution in [0.2, 0.25) is 0 Å². The smallest absolute Gasteiger partial charge is 0.326 e. The van der Waals surface area contributed by atoms with Gasteiger partial charge in [0.25, 0.3) is 0 Å². The summed E-state index contributed by atoms with van der Waals surface area (Å²) in [6, 6.07) is -1.35. The number of carbonyl (C=O) groups excluding carboxylic acids is 3. The average Bonchev–Trinajstić information content (AvgIpc) is 3.01. The van der Waals surface area contributed by atoms with Crippen LogP contribution in [-0.2, 0) is 19.2 Å². The highest BCUT2D eigenvalue weighted by molar-refractivity contribution is 5.88. The number of unbranched alkanes of at least 4 members (excludes halogenated alkanes) is 15. The van der Waals surface area contributed by atoms with Crippen LogP contribution in [0.25, 0.3) is 0 Å². The topological polar surface area (TPSA) is 137 Å². The molecular weight excluding hydrogens is 592 g/mol. The standard InChI is InChI=1S/C38H74N4O5/c1-6-7-8-9-10-11-12-13-14-15-16-17-20-26-35(43)42-34(38(46)47)27-28-36(44)41-33(25-19-18-22-29-39-32(4)5)37(45)40-30-23-21-24-31(2)3/h31-34,39H,6-30H2,1-5H3,(H,40,45)(H,41,44)(H,42,43)(H,46,47)/t33-,34-/m0/s1. The van der Waals surface area contributed by atoms with Crippen LogP contribution in [0.1, 0.15) is 182 Å². The van der Waals surface area contributed by atoms with E-state index in [0.717, 1.165) is 64.3 Å². The van der Waals surface area contributed by atoms with Crippen LogP contribution in [0.15, 0.2) is 0 Å². The summed E-state index contributed by atoms with van der Waals surface area (Å²) in [5.74, 6) is -1.38. The Balaban J connectivity index is 4.47. The highest BCUT2D eigenvalue weighted by atomic mass is 16.4. The minimum absolute atomic E-state index is 0.0179. The molecule has 9 heteroatoms. The average molecular weight is 667 g/mol. The fourth-order valence-corrected chi connectivity index (χ4v) is 5.69. The summed E-state index contributed by atoms with van der Waals surface area (Å²) in [4.78, 5) is 50.1. The van der Waals surface area contributed by atoms with Gasteiger partial charge in [-0.05, 0) is 44.6 Å². The summed E-state index contributed by atoms with van der Waals surface area (Å²) in [5.41, 5.74) is 0. The molecule has 2 atom stereocenters. The zero-order chi connectivity index (χ0) is 35.1. The van der Waals surface area contributed by atoms with Gasteiger partial charge in [-0.25, -0.2) is 4.79 Å². The van der Waals surface area contributed by atoms with Crippen LogP contribution in [0.5, 0.6) is 0 Å². The Morgan fingerprint density at radius 1 is 0.532 bits per heavy atom. The first-order valence-electron chi connectivity index (χ1n) is 19.4. The largest absolute Gasteiger partial charge is 0.480 e. The second-order valence-corrected chi connectivity index (χ2v) is 14.2. The highest BCUT2D eigenvalue weighted by Crippen LogP contribution is 2.13. The van der Waals surface area contributed by atoms with Gasteiger partial charge in [0.2, 0.25) is 17.7 Å². The third-order valence-electron chi connectivity index (χ3n) is 8.68. The van der Waals surface area contributed by atoms with Crippen LogP contribution in [0.3, 0.4) is 0 Å².